The number of hydrogen-bond acceptors (Lipinski definition) is 6. The lowest BCUT2D eigenvalue weighted by molar-refractivity contribution is 0.262. The molecule has 0 saturated carbocycles. The van der Waals surface area contributed by atoms with Gasteiger partial charge < -0.3 is 0 Å². The first-order valence-corrected chi connectivity index (χ1v) is 9.49. The Morgan fingerprint density at radius 1 is 0.885 bits per heavy atom. The number of nitrogens with one attached hydrogen (secondary N) is 2. The highest BCUT2D eigenvalue weighted by Crippen LogP contribution is 2.26. The normalized spacial score (nSPS) is 10.5. The van der Waals surface area contributed by atoms with E-state index in [1.807, 2.05) is 47.8 Å². The number of aromatic nitrogens is 3. The van der Waals surface area contributed by atoms with Crippen LogP contribution >= 0.6 is 22.7 Å². The van der Waals surface area contributed by atoms with E-state index in [1.54, 1.807) is 17.8 Å². The number of carbonyl (C=O) groups is 1. The summed E-state index contributed by atoms with van der Waals surface area (Å²) in [5.41, 5.74) is 2.76. The van der Waals surface area contributed by atoms with Gasteiger partial charge >= 0.3 is 6.03 Å². The molecule has 8 heteroatoms. The molecule has 4 aromatic rings. The molecule has 0 fully saturated rings. The summed E-state index contributed by atoms with van der Waals surface area (Å²) in [6.45, 7) is 0. The maximum Gasteiger partial charge on any atom is 0.326 e. The number of benzene rings is 1. The molecule has 26 heavy (non-hydrogen) atoms. The zero-order valence-electron chi connectivity index (χ0n) is 13.4. The number of anilines is 2. The topological polar surface area (TPSA) is 79.8 Å². The fourth-order valence-corrected chi connectivity index (χ4v) is 3.73. The molecule has 2 N–H and O–H groups in total. The SMILES string of the molecule is O=C(Nc1csc(-c2cccnc2)n1)Nc1nc(-c2ccccc2)cs1. The number of urea groups is 1. The number of nitrogens with zero attached hydrogens (tertiary/aromatic N) is 3. The van der Waals surface area contributed by atoms with Crippen molar-refractivity contribution in [1.29, 1.82) is 0 Å². The Kier molecular flexibility index (Phi) is 4.67. The van der Waals surface area contributed by atoms with Crippen LogP contribution in [0, 0.1) is 0 Å². The van der Waals surface area contributed by atoms with Gasteiger partial charge in [0.25, 0.3) is 0 Å². The summed E-state index contributed by atoms with van der Waals surface area (Å²) >= 11 is 2.82. The fourth-order valence-electron chi connectivity index (χ4n) is 2.27. The van der Waals surface area contributed by atoms with Crippen LogP contribution in [0.15, 0.2) is 65.6 Å². The second-order valence-corrected chi connectivity index (χ2v) is 6.98. The van der Waals surface area contributed by atoms with Gasteiger partial charge in [-0.05, 0) is 12.1 Å². The van der Waals surface area contributed by atoms with Crippen molar-refractivity contribution in [2.24, 2.45) is 0 Å². The molecule has 128 valence electrons. The fraction of sp³-hybridized carbons (Fsp3) is 0. The lowest BCUT2D eigenvalue weighted by atomic mass is 10.2. The summed E-state index contributed by atoms with van der Waals surface area (Å²) in [4.78, 5) is 25.1. The van der Waals surface area contributed by atoms with Gasteiger partial charge in [-0.25, -0.2) is 14.8 Å². The number of amides is 2. The van der Waals surface area contributed by atoms with Gasteiger partial charge in [0.05, 0.1) is 5.69 Å². The van der Waals surface area contributed by atoms with Crippen molar-refractivity contribution in [3.63, 3.8) is 0 Å². The van der Waals surface area contributed by atoms with E-state index >= 15 is 0 Å². The minimum absolute atomic E-state index is 0.373. The average molecular weight is 379 g/mol. The molecule has 4 rings (SSSR count). The summed E-state index contributed by atoms with van der Waals surface area (Å²) in [6.07, 6.45) is 3.45. The van der Waals surface area contributed by atoms with Gasteiger partial charge in [-0.2, -0.15) is 0 Å². The van der Waals surface area contributed by atoms with E-state index in [-0.39, 0.29) is 6.03 Å². The Hall–Kier alpha value is -3.10. The highest BCUT2D eigenvalue weighted by atomic mass is 32.1. The first-order chi connectivity index (χ1) is 12.8. The Morgan fingerprint density at radius 3 is 2.54 bits per heavy atom. The molecule has 0 saturated heterocycles. The van der Waals surface area contributed by atoms with Crippen molar-refractivity contribution < 1.29 is 4.79 Å². The van der Waals surface area contributed by atoms with Crippen molar-refractivity contribution in [3.8, 4) is 21.8 Å². The smallest absolute Gasteiger partial charge is 0.291 e. The molecule has 0 atom stereocenters. The molecule has 3 heterocycles. The first kappa shape index (κ1) is 16.4. The quantitative estimate of drug-likeness (QED) is 0.524. The van der Waals surface area contributed by atoms with Gasteiger partial charge in [-0.15, -0.1) is 22.7 Å². The van der Waals surface area contributed by atoms with E-state index in [2.05, 4.69) is 25.6 Å². The van der Waals surface area contributed by atoms with E-state index in [1.165, 1.54) is 22.7 Å². The van der Waals surface area contributed by atoms with Gasteiger partial charge in [0.1, 0.15) is 10.8 Å². The molecule has 0 bridgehead atoms. The lowest BCUT2D eigenvalue weighted by Crippen LogP contribution is -2.19. The van der Waals surface area contributed by atoms with Crippen LogP contribution in [-0.4, -0.2) is 21.0 Å². The number of pyridine rings is 1. The zero-order chi connectivity index (χ0) is 17.8. The Bertz CT molecular complexity index is 933. The van der Waals surface area contributed by atoms with Crippen LogP contribution in [0.5, 0.6) is 0 Å². The van der Waals surface area contributed by atoms with Crippen LogP contribution in [-0.2, 0) is 0 Å². The van der Waals surface area contributed by atoms with Crippen LogP contribution in [0.2, 0.25) is 0 Å². The van der Waals surface area contributed by atoms with E-state index in [0.29, 0.717) is 10.9 Å². The standard InChI is InChI=1S/C18H13N5OS2/c24-17(22-15-11-25-16(21-15)13-7-4-8-19-9-13)23-18-20-14(10-26-18)12-5-2-1-3-6-12/h1-11H,(H2,20,22,23,24). The molecule has 3 aromatic heterocycles. The van der Waals surface area contributed by atoms with E-state index in [4.69, 9.17) is 0 Å². The summed E-state index contributed by atoms with van der Waals surface area (Å²) in [5.74, 6) is 0.492. The monoisotopic (exact) mass is 379 g/mol. The molecule has 0 radical (unpaired) electrons. The third-order valence-corrected chi connectivity index (χ3v) is 5.10. The number of thiazole rings is 2. The highest BCUT2D eigenvalue weighted by Gasteiger charge is 2.10. The molecule has 6 nitrogen and oxygen atoms in total. The van der Waals surface area contributed by atoms with Crippen LogP contribution in [0.1, 0.15) is 0 Å². The average Bonchev–Trinajstić information content (AvgIpc) is 3.33. The van der Waals surface area contributed by atoms with Crippen LogP contribution in [0.25, 0.3) is 21.8 Å². The van der Waals surface area contributed by atoms with Crippen molar-refractivity contribution in [1.82, 2.24) is 15.0 Å². The Labute approximate surface area is 157 Å². The molecular weight excluding hydrogens is 366 g/mol. The van der Waals surface area contributed by atoms with Crippen molar-refractivity contribution in [3.05, 3.63) is 65.6 Å². The maximum absolute atomic E-state index is 12.2. The van der Waals surface area contributed by atoms with Gasteiger partial charge in [0, 0.05) is 34.3 Å². The number of carbonyl (C=O) groups excluding carboxylic acids is 1. The van der Waals surface area contributed by atoms with Crippen molar-refractivity contribution in [2.45, 2.75) is 0 Å². The molecule has 0 aliphatic rings. The molecule has 1 aromatic carbocycles. The minimum Gasteiger partial charge on any atom is -0.291 e. The molecule has 0 spiro atoms. The number of hydrogen-bond donors (Lipinski definition) is 2. The Morgan fingerprint density at radius 2 is 1.73 bits per heavy atom. The molecule has 0 aliphatic heterocycles. The van der Waals surface area contributed by atoms with Gasteiger partial charge in [-0.3, -0.25) is 15.6 Å². The van der Waals surface area contributed by atoms with Gasteiger partial charge in [0.2, 0.25) is 0 Å². The predicted octanol–water partition coefficient (Wildman–Crippen LogP) is 4.97. The zero-order valence-corrected chi connectivity index (χ0v) is 15.1. The van der Waals surface area contributed by atoms with E-state index in [9.17, 15) is 4.79 Å². The summed E-state index contributed by atoms with van der Waals surface area (Å²) in [6, 6.07) is 13.2. The molecule has 2 amide bonds. The molecular formula is C18H13N5OS2. The maximum atomic E-state index is 12.2. The van der Waals surface area contributed by atoms with E-state index in [0.717, 1.165) is 21.8 Å². The van der Waals surface area contributed by atoms with Gasteiger partial charge in [-0.1, -0.05) is 30.3 Å². The predicted molar refractivity (Wildman–Crippen MR) is 106 cm³/mol. The summed E-state index contributed by atoms with van der Waals surface area (Å²) in [7, 11) is 0. The highest BCUT2D eigenvalue weighted by molar-refractivity contribution is 7.14. The molecule has 0 aliphatic carbocycles. The van der Waals surface area contributed by atoms with Crippen LogP contribution in [0.3, 0.4) is 0 Å². The first-order valence-electron chi connectivity index (χ1n) is 7.73. The second kappa shape index (κ2) is 7.42. The summed E-state index contributed by atoms with van der Waals surface area (Å²) < 4.78 is 0. The second-order valence-electron chi connectivity index (χ2n) is 5.26. The van der Waals surface area contributed by atoms with Gasteiger partial charge in [0.15, 0.2) is 5.13 Å². The van der Waals surface area contributed by atoms with Crippen molar-refractivity contribution >= 4 is 39.7 Å². The summed E-state index contributed by atoms with van der Waals surface area (Å²) in [5, 5.41) is 10.5. The number of rotatable bonds is 4. The third kappa shape index (κ3) is 3.76. The minimum atomic E-state index is -0.373. The molecule has 0 unspecified atom stereocenters. The lowest BCUT2D eigenvalue weighted by Gasteiger charge is -2.02. The largest absolute Gasteiger partial charge is 0.326 e. The Balaban J connectivity index is 1.40. The van der Waals surface area contributed by atoms with E-state index < -0.39 is 0 Å². The third-order valence-electron chi connectivity index (χ3n) is 3.45. The van der Waals surface area contributed by atoms with Crippen LogP contribution < -0.4 is 10.6 Å². The van der Waals surface area contributed by atoms with Crippen LogP contribution in [0.4, 0.5) is 15.7 Å². The van der Waals surface area contributed by atoms with Crippen molar-refractivity contribution in [2.75, 3.05) is 10.6 Å².